The van der Waals surface area contributed by atoms with Crippen LogP contribution in [0.1, 0.15) is 5.56 Å². The lowest BCUT2D eigenvalue weighted by molar-refractivity contribution is 0.281. The molecule has 0 fully saturated rings. The quantitative estimate of drug-likeness (QED) is 0.554. The highest BCUT2D eigenvalue weighted by atomic mass is 31.2. The zero-order chi connectivity index (χ0) is 7.68. The summed E-state index contributed by atoms with van der Waals surface area (Å²) in [7, 11) is -0.678. The Morgan fingerprint density at radius 2 is 2.18 bits per heavy atom. The summed E-state index contributed by atoms with van der Waals surface area (Å²) >= 11 is 0. The maximum Gasteiger partial charge on any atom is 0.227 e. The average Bonchev–Trinajstić information content (AvgIpc) is 2.04. The van der Waals surface area contributed by atoms with Gasteiger partial charge in [0.05, 0.1) is 6.61 Å². The summed E-state index contributed by atoms with van der Waals surface area (Å²) in [4.78, 5) is 0. The van der Waals surface area contributed by atoms with E-state index in [2.05, 4.69) is 0 Å². The van der Waals surface area contributed by atoms with Gasteiger partial charge in [-0.25, -0.2) is 0 Å². The molecule has 0 aliphatic carbocycles. The van der Waals surface area contributed by atoms with Crippen LogP contribution in [0.15, 0.2) is 24.3 Å². The zero-order valence-corrected chi connectivity index (χ0v) is 7.17. The van der Waals surface area contributed by atoms with E-state index >= 15 is 0 Å². The number of hydrogen-bond donors (Lipinski definition) is 0. The summed E-state index contributed by atoms with van der Waals surface area (Å²) in [6.07, 6.45) is 0. The Bertz CT molecular complexity index is 262. The molecule has 0 amide bonds. The van der Waals surface area contributed by atoms with Gasteiger partial charge in [0, 0.05) is 12.2 Å². The SMILES string of the molecule is CP1OCc2ccccc2O1. The van der Waals surface area contributed by atoms with Gasteiger partial charge in [-0.3, -0.25) is 0 Å². The van der Waals surface area contributed by atoms with Gasteiger partial charge in [-0.1, -0.05) is 18.2 Å². The van der Waals surface area contributed by atoms with E-state index in [9.17, 15) is 0 Å². The van der Waals surface area contributed by atoms with Crippen LogP contribution in [0.4, 0.5) is 0 Å². The minimum atomic E-state index is -0.678. The van der Waals surface area contributed by atoms with Gasteiger partial charge >= 0.3 is 0 Å². The molecule has 58 valence electrons. The van der Waals surface area contributed by atoms with Gasteiger partial charge in [-0.05, 0) is 6.07 Å². The van der Waals surface area contributed by atoms with Crippen LogP contribution in [0.5, 0.6) is 5.75 Å². The van der Waals surface area contributed by atoms with E-state index in [4.69, 9.17) is 9.05 Å². The van der Waals surface area contributed by atoms with E-state index < -0.39 is 8.38 Å². The Hall–Kier alpha value is -0.590. The van der Waals surface area contributed by atoms with Gasteiger partial charge in [0.15, 0.2) is 0 Å². The molecule has 11 heavy (non-hydrogen) atoms. The average molecular weight is 168 g/mol. The number of para-hydroxylation sites is 1. The van der Waals surface area contributed by atoms with E-state index in [0.29, 0.717) is 6.61 Å². The molecular formula is C8H9O2P. The van der Waals surface area contributed by atoms with E-state index in [-0.39, 0.29) is 0 Å². The fourth-order valence-electron chi connectivity index (χ4n) is 1.04. The molecule has 0 aromatic heterocycles. The van der Waals surface area contributed by atoms with Gasteiger partial charge in [0.1, 0.15) is 5.75 Å². The van der Waals surface area contributed by atoms with Crippen molar-refractivity contribution in [2.45, 2.75) is 6.61 Å². The van der Waals surface area contributed by atoms with E-state index in [1.165, 1.54) is 0 Å². The molecule has 3 heteroatoms. The normalized spacial score (nSPS) is 22.1. The second kappa shape index (κ2) is 2.80. The molecule has 1 aliphatic rings. The fourth-order valence-corrected chi connectivity index (χ4v) is 1.87. The van der Waals surface area contributed by atoms with E-state index in [1.54, 1.807) is 0 Å². The largest absolute Gasteiger partial charge is 0.447 e. The Balaban J connectivity index is 2.34. The Morgan fingerprint density at radius 1 is 1.36 bits per heavy atom. The lowest BCUT2D eigenvalue weighted by atomic mass is 10.2. The monoisotopic (exact) mass is 168 g/mol. The van der Waals surface area contributed by atoms with Crippen molar-refractivity contribution in [2.75, 3.05) is 6.66 Å². The fraction of sp³-hybridized carbons (Fsp3) is 0.250. The van der Waals surface area contributed by atoms with Gasteiger partial charge < -0.3 is 9.05 Å². The molecule has 2 nitrogen and oxygen atoms in total. The third kappa shape index (κ3) is 1.37. The minimum absolute atomic E-state index is 0.678. The highest BCUT2D eigenvalue weighted by molar-refractivity contribution is 7.46. The third-order valence-corrected chi connectivity index (χ3v) is 2.55. The molecule has 0 N–H and O–H groups in total. The van der Waals surface area contributed by atoms with E-state index in [0.717, 1.165) is 11.3 Å². The highest BCUT2D eigenvalue weighted by Crippen LogP contribution is 2.42. The highest BCUT2D eigenvalue weighted by Gasteiger charge is 2.15. The number of benzene rings is 1. The van der Waals surface area contributed by atoms with Crippen LogP contribution < -0.4 is 4.52 Å². The van der Waals surface area contributed by atoms with Crippen LogP contribution in [-0.4, -0.2) is 6.66 Å². The maximum absolute atomic E-state index is 5.47. The Labute approximate surface area is 67.1 Å². The molecule has 2 rings (SSSR count). The van der Waals surface area contributed by atoms with Crippen LogP contribution in [0.25, 0.3) is 0 Å². The van der Waals surface area contributed by atoms with Gasteiger partial charge in [-0.15, -0.1) is 0 Å². The molecular weight excluding hydrogens is 159 g/mol. The molecule has 1 atom stereocenters. The van der Waals surface area contributed by atoms with Gasteiger partial charge in [0.2, 0.25) is 8.38 Å². The van der Waals surface area contributed by atoms with Crippen molar-refractivity contribution >= 4 is 8.38 Å². The summed E-state index contributed by atoms with van der Waals surface area (Å²) in [5, 5.41) is 0. The molecule has 0 radical (unpaired) electrons. The standard InChI is InChI=1S/C8H9O2P/c1-11-9-6-7-4-2-3-5-8(7)10-11/h2-5H,6H2,1H3. The van der Waals surface area contributed by atoms with Crippen molar-refractivity contribution in [1.82, 2.24) is 0 Å². The second-order valence-corrected chi connectivity index (χ2v) is 3.73. The first kappa shape index (κ1) is 7.08. The minimum Gasteiger partial charge on any atom is -0.447 e. The molecule has 1 aromatic rings. The van der Waals surface area contributed by atoms with Gasteiger partial charge in [-0.2, -0.15) is 0 Å². The van der Waals surface area contributed by atoms with Crippen LogP contribution in [0.3, 0.4) is 0 Å². The molecule has 1 aliphatic heterocycles. The molecule has 0 bridgehead atoms. The summed E-state index contributed by atoms with van der Waals surface area (Å²) in [5.41, 5.74) is 1.15. The van der Waals surface area contributed by atoms with Crippen molar-refractivity contribution in [2.24, 2.45) is 0 Å². The lowest BCUT2D eigenvalue weighted by Crippen LogP contribution is -2.01. The smallest absolute Gasteiger partial charge is 0.227 e. The van der Waals surface area contributed by atoms with Crippen LogP contribution in [0, 0.1) is 0 Å². The summed E-state index contributed by atoms with van der Waals surface area (Å²) in [6.45, 7) is 2.66. The van der Waals surface area contributed by atoms with Crippen molar-refractivity contribution in [3.8, 4) is 5.75 Å². The summed E-state index contributed by atoms with van der Waals surface area (Å²) in [6, 6.07) is 7.98. The maximum atomic E-state index is 5.47. The zero-order valence-electron chi connectivity index (χ0n) is 6.28. The molecule has 1 unspecified atom stereocenters. The van der Waals surface area contributed by atoms with E-state index in [1.807, 2.05) is 30.9 Å². The van der Waals surface area contributed by atoms with Crippen LogP contribution in [0.2, 0.25) is 0 Å². The molecule has 0 spiro atoms. The Morgan fingerprint density at radius 3 is 3.09 bits per heavy atom. The summed E-state index contributed by atoms with van der Waals surface area (Å²) in [5.74, 6) is 0.979. The molecule has 1 aromatic carbocycles. The first-order valence-corrected chi connectivity index (χ1v) is 5.11. The third-order valence-electron chi connectivity index (χ3n) is 1.60. The lowest BCUT2D eigenvalue weighted by Gasteiger charge is -2.21. The van der Waals surface area contributed by atoms with Crippen molar-refractivity contribution < 1.29 is 9.05 Å². The first-order chi connectivity index (χ1) is 5.36. The van der Waals surface area contributed by atoms with Crippen molar-refractivity contribution in [3.63, 3.8) is 0 Å². The van der Waals surface area contributed by atoms with Gasteiger partial charge in [0.25, 0.3) is 0 Å². The first-order valence-electron chi connectivity index (χ1n) is 3.49. The van der Waals surface area contributed by atoms with Crippen molar-refractivity contribution in [3.05, 3.63) is 29.8 Å². The second-order valence-electron chi connectivity index (χ2n) is 2.41. The number of rotatable bonds is 0. The Kier molecular flexibility index (Phi) is 1.80. The number of fused-ring (bicyclic) bond motifs is 1. The predicted octanol–water partition coefficient (Wildman–Crippen LogP) is 2.54. The predicted molar refractivity (Wildman–Crippen MR) is 44.7 cm³/mol. The molecule has 1 heterocycles. The summed E-state index contributed by atoms with van der Waals surface area (Å²) < 4.78 is 10.8. The van der Waals surface area contributed by atoms with Crippen LogP contribution >= 0.6 is 8.38 Å². The number of hydrogen-bond acceptors (Lipinski definition) is 2. The van der Waals surface area contributed by atoms with Crippen molar-refractivity contribution in [1.29, 1.82) is 0 Å². The topological polar surface area (TPSA) is 18.5 Å². The van der Waals surface area contributed by atoms with Crippen LogP contribution in [-0.2, 0) is 11.1 Å². The molecule has 0 saturated heterocycles. The molecule has 0 saturated carbocycles.